The number of rotatable bonds is 1. The Morgan fingerprint density at radius 1 is 0.806 bits per heavy atom. The minimum Gasteiger partial charge on any atom is -0.512 e. The summed E-state index contributed by atoms with van der Waals surface area (Å²) >= 11 is 0. The molecular formula is C28H21BLiO-. The summed E-state index contributed by atoms with van der Waals surface area (Å²) in [6.07, 6.45) is 0.924. The van der Waals surface area contributed by atoms with Crippen molar-refractivity contribution in [2.75, 3.05) is 0 Å². The summed E-state index contributed by atoms with van der Waals surface area (Å²) in [6.45, 7) is 6.64. The summed E-state index contributed by atoms with van der Waals surface area (Å²) in [5, 5.41) is 0. The van der Waals surface area contributed by atoms with Crippen molar-refractivity contribution in [3.63, 3.8) is 0 Å². The maximum absolute atomic E-state index is 6.60. The molecule has 144 valence electrons. The smallest absolute Gasteiger partial charge is 0.512 e. The van der Waals surface area contributed by atoms with Crippen molar-refractivity contribution in [2.24, 2.45) is 0 Å². The van der Waals surface area contributed by atoms with Crippen molar-refractivity contribution in [3.05, 3.63) is 101 Å². The predicted molar refractivity (Wildman–Crippen MR) is 124 cm³/mol. The Hall–Kier alpha value is -2.66. The fourth-order valence-corrected chi connectivity index (χ4v) is 5.00. The van der Waals surface area contributed by atoms with Gasteiger partial charge in [0.05, 0.1) is 0 Å². The standard InChI is InChI=1S/C28H21BO.Li/c1-17-5-4-6-20(13-17)23-11-10-22-16-21-9-7-18(2)14-24(21)29-25-15-19(3)8-12-26(25)30-28(23)27(22)29;/h4-5,7-10,12-15H,16H2,1-3H3;/q-2;+1. The van der Waals surface area contributed by atoms with Gasteiger partial charge in [-0.3, -0.25) is 0 Å². The van der Waals surface area contributed by atoms with Crippen LogP contribution in [0.4, 0.5) is 0 Å². The van der Waals surface area contributed by atoms with Gasteiger partial charge in [0, 0.05) is 0 Å². The third-order valence-corrected chi connectivity index (χ3v) is 6.41. The molecule has 2 aliphatic rings. The predicted octanol–water partition coefficient (Wildman–Crippen LogP) is 1.41. The second-order valence-electron chi connectivity index (χ2n) is 8.67. The monoisotopic (exact) mass is 391 g/mol. The molecule has 0 spiro atoms. The van der Waals surface area contributed by atoms with Crippen molar-refractivity contribution < 1.29 is 23.6 Å². The Bertz CT molecular complexity index is 1330. The van der Waals surface area contributed by atoms with Crippen LogP contribution in [0.25, 0.3) is 11.1 Å². The summed E-state index contributed by atoms with van der Waals surface area (Å²) in [4.78, 5) is 0. The molecule has 6 rings (SSSR count). The fourth-order valence-electron chi connectivity index (χ4n) is 5.00. The van der Waals surface area contributed by atoms with E-state index in [0.29, 0.717) is 0 Å². The third-order valence-electron chi connectivity index (χ3n) is 6.41. The second kappa shape index (κ2) is 7.49. The SMILES string of the molecule is Cc1cc[c-]c(-c2[c-]cc3c4c2Oc2ccc(C)cc2B4c2cc(C)ccc2C3)c1.[Li+]. The Morgan fingerprint density at radius 2 is 1.55 bits per heavy atom. The van der Waals surface area contributed by atoms with E-state index in [2.05, 4.69) is 87.5 Å². The maximum Gasteiger partial charge on any atom is 1.00 e. The normalized spacial score (nSPS) is 12.8. The average Bonchev–Trinajstić information content (AvgIpc) is 2.74. The summed E-state index contributed by atoms with van der Waals surface area (Å²) in [6, 6.07) is 28.8. The molecule has 0 saturated carbocycles. The molecule has 0 atom stereocenters. The van der Waals surface area contributed by atoms with Gasteiger partial charge in [-0.15, -0.1) is 22.7 Å². The van der Waals surface area contributed by atoms with Gasteiger partial charge in [0.25, 0.3) is 0 Å². The van der Waals surface area contributed by atoms with Crippen molar-refractivity contribution in [1.82, 2.24) is 0 Å². The summed E-state index contributed by atoms with van der Waals surface area (Å²) < 4.78 is 6.60. The first-order valence-electron chi connectivity index (χ1n) is 10.5. The van der Waals surface area contributed by atoms with Gasteiger partial charge in [-0.2, -0.15) is 35.9 Å². The minimum absolute atomic E-state index is 0. The van der Waals surface area contributed by atoms with Crippen LogP contribution < -0.4 is 40.0 Å². The van der Waals surface area contributed by atoms with E-state index in [-0.39, 0.29) is 25.6 Å². The average molecular weight is 391 g/mol. The van der Waals surface area contributed by atoms with E-state index in [1.807, 2.05) is 6.07 Å². The molecule has 0 bridgehead atoms. The molecule has 0 aromatic heterocycles. The topological polar surface area (TPSA) is 9.23 Å². The number of hydrogen-bond donors (Lipinski definition) is 0. The number of fused-ring (bicyclic) bond motifs is 4. The van der Waals surface area contributed by atoms with Crippen LogP contribution in [0.1, 0.15) is 27.8 Å². The van der Waals surface area contributed by atoms with Gasteiger partial charge in [-0.25, -0.2) is 5.56 Å². The molecule has 0 unspecified atom stereocenters. The zero-order valence-corrected chi connectivity index (χ0v) is 18.5. The van der Waals surface area contributed by atoms with E-state index in [1.54, 1.807) is 0 Å². The van der Waals surface area contributed by atoms with Gasteiger partial charge in [0.1, 0.15) is 5.75 Å². The van der Waals surface area contributed by atoms with Crippen LogP contribution in [0.5, 0.6) is 11.5 Å². The van der Waals surface area contributed by atoms with Crippen LogP contribution in [0.15, 0.2) is 60.7 Å². The van der Waals surface area contributed by atoms with Gasteiger partial charge in [-0.1, -0.05) is 59.4 Å². The van der Waals surface area contributed by atoms with Crippen LogP contribution >= 0.6 is 0 Å². The van der Waals surface area contributed by atoms with Crippen molar-refractivity contribution in [1.29, 1.82) is 0 Å². The van der Waals surface area contributed by atoms with Gasteiger partial charge in [0.2, 0.25) is 6.71 Å². The molecule has 0 amide bonds. The molecule has 3 heteroatoms. The molecule has 0 saturated heterocycles. The van der Waals surface area contributed by atoms with E-state index in [4.69, 9.17) is 4.74 Å². The zero-order chi connectivity index (χ0) is 20.4. The maximum atomic E-state index is 6.60. The first-order valence-corrected chi connectivity index (χ1v) is 10.5. The van der Waals surface area contributed by atoms with Crippen LogP contribution in [0, 0.1) is 32.9 Å². The Morgan fingerprint density at radius 3 is 2.35 bits per heavy atom. The van der Waals surface area contributed by atoms with Crippen molar-refractivity contribution in [2.45, 2.75) is 27.2 Å². The summed E-state index contributed by atoms with van der Waals surface area (Å²) in [5.41, 5.74) is 12.5. The Labute approximate surface area is 196 Å². The molecule has 0 fully saturated rings. The third kappa shape index (κ3) is 3.18. The molecule has 0 N–H and O–H groups in total. The molecule has 4 aromatic rings. The van der Waals surface area contributed by atoms with Gasteiger partial charge < -0.3 is 4.74 Å². The summed E-state index contributed by atoms with van der Waals surface area (Å²) in [5.74, 6) is 1.90. The molecule has 4 aromatic carbocycles. The zero-order valence-electron chi connectivity index (χ0n) is 18.5. The van der Waals surface area contributed by atoms with E-state index < -0.39 is 0 Å². The van der Waals surface area contributed by atoms with E-state index >= 15 is 0 Å². The Kier molecular flexibility index (Phi) is 4.89. The molecule has 0 radical (unpaired) electrons. The number of ether oxygens (including phenoxy) is 1. The van der Waals surface area contributed by atoms with Crippen LogP contribution in [-0.2, 0) is 6.42 Å². The molecule has 0 aliphatic carbocycles. The van der Waals surface area contributed by atoms with Gasteiger partial charge >= 0.3 is 18.9 Å². The Balaban J connectivity index is 0.00000204. The molecule has 31 heavy (non-hydrogen) atoms. The number of hydrogen-bond acceptors (Lipinski definition) is 1. The van der Waals surface area contributed by atoms with Crippen LogP contribution in [-0.4, -0.2) is 6.71 Å². The van der Waals surface area contributed by atoms with E-state index in [9.17, 15) is 0 Å². The first-order chi connectivity index (χ1) is 14.6. The number of aryl methyl sites for hydroxylation is 3. The minimum atomic E-state index is 0. The number of benzene rings is 4. The van der Waals surface area contributed by atoms with Crippen LogP contribution in [0.3, 0.4) is 0 Å². The fraction of sp³-hybridized carbons (Fsp3) is 0.143. The van der Waals surface area contributed by atoms with Crippen molar-refractivity contribution >= 4 is 23.1 Å². The second-order valence-corrected chi connectivity index (χ2v) is 8.67. The van der Waals surface area contributed by atoms with Crippen LogP contribution in [0.2, 0.25) is 0 Å². The van der Waals surface area contributed by atoms with Crippen molar-refractivity contribution in [3.8, 4) is 22.6 Å². The van der Waals surface area contributed by atoms with E-state index in [0.717, 1.165) is 29.0 Å². The van der Waals surface area contributed by atoms with Gasteiger partial charge in [-0.05, 0) is 37.5 Å². The molecule has 2 aliphatic heterocycles. The van der Waals surface area contributed by atoms with E-state index in [1.165, 1.54) is 44.2 Å². The first kappa shape index (κ1) is 20.3. The molecule has 2 heterocycles. The quantitative estimate of drug-likeness (QED) is 0.304. The molecule has 1 nitrogen and oxygen atoms in total. The van der Waals surface area contributed by atoms with Gasteiger partial charge in [0.15, 0.2) is 0 Å². The molecular weight excluding hydrogens is 370 g/mol. The largest absolute Gasteiger partial charge is 1.00 e. The summed E-state index contributed by atoms with van der Waals surface area (Å²) in [7, 11) is 0.